The smallest absolute Gasteiger partial charge is 0.232 e. The highest BCUT2D eigenvalue weighted by Gasteiger charge is 2.40. The molecule has 2 unspecified atom stereocenters. The molecule has 3 aromatic rings. The van der Waals surface area contributed by atoms with Crippen LogP contribution in [0.2, 0.25) is 0 Å². The van der Waals surface area contributed by atoms with Gasteiger partial charge < -0.3 is 14.7 Å². The third kappa shape index (κ3) is 4.55. The Kier molecular flexibility index (Phi) is 6.58. The summed E-state index contributed by atoms with van der Waals surface area (Å²) in [6.07, 6.45) is 1.27. The van der Waals surface area contributed by atoms with E-state index in [9.17, 15) is 9.59 Å². The van der Waals surface area contributed by atoms with Crippen molar-refractivity contribution in [3.63, 3.8) is 0 Å². The monoisotopic (exact) mass is 467 g/mol. The summed E-state index contributed by atoms with van der Waals surface area (Å²) in [5.74, 6) is 0.114. The van der Waals surface area contributed by atoms with Crippen LogP contribution in [0.4, 0.5) is 17.1 Å². The van der Waals surface area contributed by atoms with E-state index in [1.807, 2.05) is 52.3 Å². The van der Waals surface area contributed by atoms with Crippen molar-refractivity contribution in [1.82, 2.24) is 0 Å². The minimum atomic E-state index is -0.332. The zero-order valence-corrected chi connectivity index (χ0v) is 20.6. The number of amides is 2. The quantitative estimate of drug-likeness (QED) is 0.474. The van der Waals surface area contributed by atoms with Gasteiger partial charge in [-0.1, -0.05) is 74.5 Å². The average Bonchev–Trinajstić information content (AvgIpc) is 3.30. The fourth-order valence-corrected chi connectivity index (χ4v) is 5.31. The zero-order chi connectivity index (χ0) is 24.4. The first-order valence-corrected chi connectivity index (χ1v) is 12.7. The molecule has 35 heavy (non-hydrogen) atoms. The minimum Gasteiger partial charge on any atom is -0.364 e. The van der Waals surface area contributed by atoms with Crippen LogP contribution in [-0.4, -0.2) is 31.4 Å². The topological polar surface area (TPSA) is 43.9 Å². The molecule has 2 atom stereocenters. The Hall–Kier alpha value is -3.60. The van der Waals surface area contributed by atoms with E-state index >= 15 is 0 Å². The lowest BCUT2D eigenvalue weighted by atomic mass is 9.96. The lowest BCUT2D eigenvalue weighted by Gasteiger charge is -2.38. The number of nitrogens with zero attached hydrogens (tertiary/aromatic N) is 3. The average molecular weight is 468 g/mol. The van der Waals surface area contributed by atoms with E-state index in [2.05, 4.69) is 55.1 Å². The highest BCUT2D eigenvalue weighted by atomic mass is 16.2. The molecule has 0 saturated carbocycles. The second-order valence-corrected chi connectivity index (χ2v) is 9.66. The SMILES string of the molecule is CCC(C)c1ccccc1N1CC(C(=O)N2CCN(Cc3ccccc3)c3ccccc32)CC1=O. The molecule has 2 amide bonds. The maximum absolute atomic E-state index is 13.8. The number of benzene rings is 3. The summed E-state index contributed by atoms with van der Waals surface area (Å²) in [4.78, 5) is 32.9. The van der Waals surface area contributed by atoms with Crippen LogP contribution in [0.15, 0.2) is 78.9 Å². The van der Waals surface area contributed by atoms with Gasteiger partial charge in [0.1, 0.15) is 0 Å². The number of carbonyl (C=O) groups is 2. The van der Waals surface area contributed by atoms with Crippen LogP contribution >= 0.6 is 0 Å². The van der Waals surface area contributed by atoms with Gasteiger partial charge in [-0.3, -0.25) is 9.59 Å². The summed E-state index contributed by atoms with van der Waals surface area (Å²) in [7, 11) is 0. The van der Waals surface area contributed by atoms with E-state index in [4.69, 9.17) is 0 Å². The van der Waals surface area contributed by atoms with Gasteiger partial charge in [-0.2, -0.15) is 0 Å². The first kappa shape index (κ1) is 23.2. The molecule has 0 aliphatic carbocycles. The largest absolute Gasteiger partial charge is 0.364 e. The molecule has 1 fully saturated rings. The molecule has 5 nitrogen and oxygen atoms in total. The zero-order valence-electron chi connectivity index (χ0n) is 20.6. The molecule has 2 aliphatic heterocycles. The number of fused-ring (bicyclic) bond motifs is 1. The molecule has 0 radical (unpaired) electrons. The predicted molar refractivity (Wildman–Crippen MR) is 142 cm³/mol. The van der Waals surface area contributed by atoms with E-state index in [1.54, 1.807) is 0 Å². The van der Waals surface area contributed by atoms with Crippen molar-refractivity contribution < 1.29 is 9.59 Å². The van der Waals surface area contributed by atoms with Gasteiger partial charge in [0.15, 0.2) is 0 Å². The summed E-state index contributed by atoms with van der Waals surface area (Å²) in [6, 6.07) is 26.7. The third-order valence-corrected chi connectivity index (χ3v) is 7.43. The molecular formula is C30H33N3O2. The molecule has 3 aromatic carbocycles. The second kappa shape index (κ2) is 9.95. The van der Waals surface area contributed by atoms with Gasteiger partial charge in [0.05, 0.1) is 17.3 Å². The highest BCUT2D eigenvalue weighted by molar-refractivity contribution is 6.06. The molecule has 0 bridgehead atoms. The van der Waals surface area contributed by atoms with Crippen LogP contribution in [0.3, 0.4) is 0 Å². The molecular weight excluding hydrogens is 434 g/mol. The van der Waals surface area contributed by atoms with Crippen LogP contribution in [0.1, 0.15) is 43.7 Å². The summed E-state index contributed by atoms with van der Waals surface area (Å²) in [5.41, 5.74) is 5.38. The fourth-order valence-electron chi connectivity index (χ4n) is 5.31. The van der Waals surface area contributed by atoms with Gasteiger partial charge in [-0.05, 0) is 41.7 Å². The van der Waals surface area contributed by atoms with Crippen molar-refractivity contribution in [3.8, 4) is 0 Å². The van der Waals surface area contributed by atoms with E-state index in [-0.39, 0.29) is 24.2 Å². The third-order valence-electron chi connectivity index (χ3n) is 7.43. The maximum Gasteiger partial charge on any atom is 0.232 e. The summed E-state index contributed by atoms with van der Waals surface area (Å²) in [6.45, 7) is 6.98. The molecule has 5 rings (SSSR count). The van der Waals surface area contributed by atoms with Crippen molar-refractivity contribution in [2.45, 2.75) is 39.2 Å². The number of anilines is 3. The number of rotatable bonds is 6. The summed E-state index contributed by atoms with van der Waals surface area (Å²) >= 11 is 0. The van der Waals surface area contributed by atoms with E-state index in [0.717, 1.165) is 36.6 Å². The molecule has 180 valence electrons. The predicted octanol–water partition coefficient (Wildman–Crippen LogP) is 5.61. The van der Waals surface area contributed by atoms with Gasteiger partial charge >= 0.3 is 0 Å². The number of para-hydroxylation sites is 3. The van der Waals surface area contributed by atoms with E-state index < -0.39 is 0 Å². The molecule has 0 N–H and O–H groups in total. The minimum absolute atomic E-state index is 0.0371. The Morgan fingerprint density at radius 1 is 0.886 bits per heavy atom. The van der Waals surface area contributed by atoms with Crippen molar-refractivity contribution >= 4 is 28.9 Å². The number of carbonyl (C=O) groups excluding carboxylic acids is 2. The lowest BCUT2D eigenvalue weighted by Crippen LogP contribution is -2.46. The second-order valence-electron chi connectivity index (χ2n) is 9.66. The summed E-state index contributed by atoms with van der Waals surface area (Å²) in [5, 5.41) is 0. The van der Waals surface area contributed by atoms with Crippen molar-refractivity contribution in [2.75, 3.05) is 34.3 Å². The molecule has 0 aromatic heterocycles. The maximum atomic E-state index is 13.8. The van der Waals surface area contributed by atoms with Crippen LogP contribution < -0.4 is 14.7 Å². The normalized spacial score (nSPS) is 18.5. The van der Waals surface area contributed by atoms with Crippen molar-refractivity contribution in [3.05, 3.63) is 90.0 Å². The standard InChI is InChI=1S/C30H33N3O2/c1-3-22(2)25-13-7-8-14-26(25)33-21-24(19-29(33)34)30(35)32-18-17-31(20-23-11-5-4-6-12-23)27-15-9-10-16-28(27)32/h4-16,22,24H,3,17-21H2,1-2H3. The van der Waals surface area contributed by atoms with Gasteiger partial charge in [0.25, 0.3) is 0 Å². The van der Waals surface area contributed by atoms with Gasteiger partial charge in [-0.25, -0.2) is 0 Å². The number of hydrogen-bond acceptors (Lipinski definition) is 3. The van der Waals surface area contributed by atoms with E-state index in [1.165, 1.54) is 11.1 Å². The van der Waals surface area contributed by atoms with Gasteiger partial charge in [0, 0.05) is 38.3 Å². The first-order valence-electron chi connectivity index (χ1n) is 12.7. The summed E-state index contributed by atoms with van der Waals surface area (Å²) < 4.78 is 0. The molecule has 1 saturated heterocycles. The number of hydrogen-bond donors (Lipinski definition) is 0. The van der Waals surface area contributed by atoms with Crippen molar-refractivity contribution in [1.29, 1.82) is 0 Å². The Bertz CT molecular complexity index is 1210. The molecule has 5 heteroatoms. The van der Waals surface area contributed by atoms with Crippen molar-refractivity contribution in [2.24, 2.45) is 5.92 Å². The Balaban J connectivity index is 1.36. The molecule has 2 aliphatic rings. The Morgan fingerprint density at radius 2 is 1.54 bits per heavy atom. The van der Waals surface area contributed by atoms with Crippen LogP contribution in [-0.2, 0) is 16.1 Å². The van der Waals surface area contributed by atoms with Crippen LogP contribution in [0.5, 0.6) is 0 Å². The van der Waals surface area contributed by atoms with Gasteiger partial charge in [-0.15, -0.1) is 0 Å². The van der Waals surface area contributed by atoms with E-state index in [0.29, 0.717) is 19.0 Å². The Morgan fingerprint density at radius 3 is 2.29 bits per heavy atom. The van der Waals surface area contributed by atoms with Crippen LogP contribution in [0, 0.1) is 5.92 Å². The van der Waals surface area contributed by atoms with Gasteiger partial charge in [0.2, 0.25) is 11.8 Å². The first-order chi connectivity index (χ1) is 17.1. The highest BCUT2D eigenvalue weighted by Crippen LogP contribution is 2.37. The molecule has 2 heterocycles. The lowest BCUT2D eigenvalue weighted by molar-refractivity contribution is -0.124. The molecule has 0 spiro atoms. The Labute approximate surface area is 208 Å². The fraction of sp³-hybridized carbons (Fsp3) is 0.333. The van der Waals surface area contributed by atoms with Crippen LogP contribution in [0.25, 0.3) is 0 Å².